The van der Waals surface area contributed by atoms with Crippen LogP contribution >= 0.6 is 11.6 Å². The van der Waals surface area contributed by atoms with Gasteiger partial charge in [-0.05, 0) is 29.3 Å². The van der Waals surface area contributed by atoms with Crippen LogP contribution in [0.25, 0.3) is 0 Å². The summed E-state index contributed by atoms with van der Waals surface area (Å²) < 4.78 is 10.7. The van der Waals surface area contributed by atoms with Crippen LogP contribution in [-0.4, -0.2) is 30.1 Å². The summed E-state index contributed by atoms with van der Waals surface area (Å²) in [6, 6.07) is 13.0. The Hall–Kier alpha value is -2.73. The number of carbonyl (C=O) groups is 2. The molecule has 2 aromatic carbocycles. The Morgan fingerprint density at radius 3 is 2.85 bits per heavy atom. The number of hydrogen-bond acceptors (Lipinski definition) is 4. The number of likely N-dealkylation sites (tertiary alicyclic amines) is 1. The summed E-state index contributed by atoms with van der Waals surface area (Å²) in [7, 11) is 0. The molecule has 7 heteroatoms. The first kappa shape index (κ1) is 17.7. The van der Waals surface area contributed by atoms with E-state index in [9.17, 15) is 9.59 Å². The van der Waals surface area contributed by atoms with E-state index in [2.05, 4.69) is 5.32 Å². The highest BCUT2D eigenvalue weighted by molar-refractivity contribution is 6.31. The van der Waals surface area contributed by atoms with Crippen molar-refractivity contribution in [3.8, 4) is 11.5 Å². The highest BCUT2D eigenvalue weighted by atomic mass is 35.5. The number of nitrogens with zero attached hydrogens (tertiary/aromatic N) is 1. The molecule has 2 aliphatic rings. The highest BCUT2D eigenvalue weighted by Gasteiger charge is 2.34. The summed E-state index contributed by atoms with van der Waals surface area (Å²) in [4.78, 5) is 26.5. The number of halogens is 1. The highest BCUT2D eigenvalue weighted by Crippen LogP contribution is 2.33. The Labute approximate surface area is 162 Å². The SMILES string of the molecule is O=C(NCc1ccccc1Cl)C1CC(=O)N(Cc2ccc3c(c2)OCO3)C1. The van der Waals surface area contributed by atoms with Gasteiger partial charge in [-0.1, -0.05) is 35.9 Å². The molecule has 0 radical (unpaired) electrons. The van der Waals surface area contributed by atoms with Crippen LogP contribution in [0.1, 0.15) is 17.5 Å². The maximum absolute atomic E-state index is 12.5. The van der Waals surface area contributed by atoms with Crippen molar-refractivity contribution in [1.82, 2.24) is 10.2 Å². The van der Waals surface area contributed by atoms with Gasteiger partial charge in [-0.15, -0.1) is 0 Å². The van der Waals surface area contributed by atoms with Crippen LogP contribution in [0.15, 0.2) is 42.5 Å². The lowest BCUT2D eigenvalue weighted by molar-refractivity contribution is -0.129. The van der Waals surface area contributed by atoms with Crippen molar-refractivity contribution >= 4 is 23.4 Å². The van der Waals surface area contributed by atoms with E-state index in [-0.39, 0.29) is 30.9 Å². The zero-order valence-corrected chi connectivity index (χ0v) is 15.4. The molecule has 1 saturated heterocycles. The van der Waals surface area contributed by atoms with E-state index in [1.54, 1.807) is 11.0 Å². The maximum atomic E-state index is 12.5. The first-order valence-electron chi connectivity index (χ1n) is 8.77. The molecule has 1 fully saturated rings. The molecule has 140 valence electrons. The smallest absolute Gasteiger partial charge is 0.231 e. The number of amides is 2. The molecule has 6 nitrogen and oxygen atoms in total. The predicted molar refractivity (Wildman–Crippen MR) is 99.4 cm³/mol. The summed E-state index contributed by atoms with van der Waals surface area (Å²) in [5.74, 6) is 0.896. The molecule has 1 N–H and O–H groups in total. The van der Waals surface area contributed by atoms with E-state index in [0.717, 1.165) is 11.1 Å². The quantitative estimate of drug-likeness (QED) is 0.858. The normalized spacial score (nSPS) is 18.0. The van der Waals surface area contributed by atoms with Gasteiger partial charge < -0.3 is 19.7 Å². The zero-order chi connectivity index (χ0) is 18.8. The van der Waals surface area contributed by atoms with Crippen molar-refractivity contribution in [2.75, 3.05) is 13.3 Å². The number of ether oxygens (including phenoxy) is 2. The Morgan fingerprint density at radius 2 is 2.00 bits per heavy atom. The molecule has 2 amide bonds. The molecular formula is C20H19ClN2O4. The summed E-state index contributed by atoms with van der Waals surface area (Å²) in [5, 5.41) is 3.50. The van der Waals surface area contributed by atoms with E-state index < -0.39 is 0 Å². The second-order valence-corrected chi connectivity index (χ2v) is 7.08. The molecule has 2 heterocycles. The van der Waals surface area contributed by atoms with Crippen LogP contribution in [0, 0.1) is 5.92 Å². The number of rotatable bonds is 5. The molecule has 0 saturated carbocycles. The molecule has 1 unspecified atom stereocenters. The van der Waals surface area contributed by atoms with E-state index >= 15 is 0 Å². The molecule has 2 aromatic rings. The number of carbonyl (C=O) groups excluding carboxylic acids is 2. The summed E-state index contributed by atoms with van der Waals surface area (Å²) >= 11 is 6.11. The summed E-state index contributed by atoms with van der Waals surface area (Å²) in [6.07, 6.45) is 0.221. The van der Waals surface area contributed by atoms with Crippen molar-refractivity contribution in [2.24, 2.45) is 5.92 Å². The third kappa shape index (κ3) is 3.85. The standard InChI is InChI=1S/C20H19ClN2O4/c21-16-4-2-1-3-14(16)9-22-20(25)15-8-19(24)23(11-15)10-13-5-6-17-18(7-13)27-12-26-17/h1-7,15H,8-12H2,(H,22,25). The fourth-order valence-electron chi connectivity index (χ4n) is 3.33. The minimum atomic E-state index is -0.353. The van der Waals surface area contributed by atoms with Gasteiger partial charge >= 0.3 is 0 Å². The van der Waals surface area contributed by atoms with Crippen LogP contribution in [-0.2, 0) is 22.7 Å². The van der Waals surface area contributed by atoms with Crippen LogP contribution in [0.3, 0.4) is 0 Å². The lowest BCUT2D eigenvalue weighted by atomic mass is 10.1. The molecule has 0 spiro atoms. The first-order valence-corrected chi connectivity index (χ1v) is 9.15. The Morgan fingerprint density at radius 1 is 1.19 bits per heavy atom. The second kappa shape index (κ2) is 7.48. The molecule has 4 rings (SSSR count). The first-order chi connectivity index (χ1) is 13.1. The fourth-order valence-corrected chi connectivity index (χ4v) is 3.53. The van der Waals surface area contributed by atoms with Crippen molar-refractivity contribution in [2.45, 2.75) is 19.5 Å². The maximum Gasteiger partial charge on any atom is 0.231 e. The van der Waals surface area contributed by atoms with Gasteiger partial charge in [0, 0.05) is 31.1 Å². The monoisotopic (exact) mass is 386 g/mol. The minimum Gasteiger partial charge on any atom is -0.454 e. The van der Waals surface area contributed by atoms with E-state index in [4.69, 9.17) is 21.1 Å². The van der Waals surface area contributed by atoms with E-state index in [1.807, 2.05) is 36.4 Å². The van der Waals surface area contributed by atoms with E-state index in [0.29, 0.717) is 36.2 Å². The van der Waals surface area contributed by atoms with Gasteiger partial charge in [0.05, 0.1) is 5.92 Å². The van der Waals surface area contributed by atoms with Gasteiger partial charge in [-0.25, -0.2) is 0 Å². The summed E-state index contributed by atoms with van der Waals surface area (Å²) in [5.41, 5.74) is 1.80. The van der Waals surface area contributed by atoms with Crippen LogP contribution in [0.4, 0.5) is 0 Å². The molecule has 0 bridgehead atoms. The Kier molecular flexibility index (Phi) is 4.90. The van der Waals surface area contributed by atoms with Crippen LogP contribution in [0.2, 0.25) is 5.02 Å². The Balaban J connectivity index is 1.34. The zero-order valence-electron chi connectivity index (χ0n) is 14.6. The predicted octanol–water partition coefficient (Wildman–Crippen LogP) is 2.73. The van der Waals surface area contributed by atoms with E-state index in [1.165, 1.54) is 0 Å². The largest absolute Gasteiger partial charge is 0.454 e. The van der Waals surface area contributed by atoms with Crippen molar-refractivity contribution in [3.05, 3.63) is 58.6 Å². The van der Waals surface area contributed by atoms with Gasteiger partial charge in [-0.2, -0.15) is 0 Å². The lowest BCUT2D eigenvalue weighted by Gasteiger charge is -2.17. The number of hydrogen-bond donors (Lipinski definition) is 1. The third-order valence-corrected chi connectivity index (χ3v) is 5.18. The topological polar surface area (TPSA) is 67.9 Å². The molecule has 1 atom stereocenters. The lowest BCUT2D eigenvalue weighted by Crippen LogP contribution is -2.32. The van der Waals surface area contributed by atoms with Gasteiger partial charge in [0.15, 0.2) is 11.5 Å². The van der Waals surface area contributed by atoms with Gasteiger partial charge in [0.25, 0.3) is 0 Å². The molecule has 2 aliphatic heterocycles. The fraction of sp³-hybridized carbons (Fsp3) is 0.300. The van der Waals surface area contributed by atoms with Crippen molar-refractivity contribution in [3.63, 3.8) is 0 Å². The number of fused-ring (bicyclic) bond motifs is 1. The molecular weight excluding hydrogens is 368 g/mol. The molecule has 0 aliphatic carbocycles. The third-order valence-electron chi connectivity index (χ3n) is 4.81. The molecule has 0 aromatic heterocycles. The van der Waals surface area contributed by atoms with Crippen LogP contribution < -0.4 is 14.8 Å². The van der Waals surface area contributed by atoms with Crippen LogP contribution in [0.5, 0.6) is 11.5 Å². The average Bonchev–Trinajstić information content (AvgIpc) is 3.27. The van der Waals surface area contributed by atoms with Crippen molar-refractivity contribution in [1.29, 1.82) is 0 Å². The van der Waals surface area contributed by atoms with Gasteiger partial charge in [0.1, 0.15) is 0 Å². The number of nitrogens with one attached hydrogen (secondary N) is 1. The Bertz CT molecular complexity index is 886. The van der Waals surface area contributed by atoms with Crippen molar-refractivity contribution < 1.29 is 19.1 Å². The average molecular weight is 387 g/mol. The minimum absolute atomic E-state index is 0.0226. The molecule has 27 heavy (non-hydrogen) atoms. The number of benzene rings is 2. The van der Waals surface area contributed by atoms with Gasteiger partial charge in [-0.3, -0.25) is 9.59 Å². The second-order valence-electron chi connectivity index (χ2n) is 6.67. The summed E-state index contributed by atoms with van der Waals surface area (Å²) in [6.45, 7) is 1.42. The van der Waals surface area contributed by atoms with Gasteiger partial charge in [0.2, 0.25) is 18.6 Å².